The smallest absolute Gasteiger partial charge is 0.356 e. The maximum absolute atomic E-state index is 11.8. The van der Waals surface area contributed by atoms with Gasteiger partial charge >= 0.3 is 11.9 Å². The third kappa shape index (κ3) is 3.92. The summed E-state index contributed by atoms with van der Waals surface area (Å²) >= 11 is 0. The van der Waals surface area contributed by atoms with Crippen molar-refractivity contribution in [1.82, 2.24) is 4.98 Å². The van der Waals surface area contributed by atoms with E-state index < -0.39 is 5.97 Å². The molecule has 0 amide bonds. The zero-order valence-corrected chi connectivity index (χ0v) is 13.7. The highest BCUT2D eigenvalue weighted by molar-refractivity contribution is 6.37. The van der Waals surface area contributed by atoms with Crippen molar-refractivity contribution in [3.63, 3.8) is 0 Å². The fourth-order valence-electron chi connectivity index (χ4n) is 2.53. The second kappa shape index (κ2) is 8.14. The summed E-state index contributed by atoms with van der Waals surface area (Å²) in [6, 6.07) is 5.54. The largest absolute Gasteiger partial charge is 0.466 e. The molecule has 1 aromatic heterocycles. The summed E-state index contributed by atoms with van der Waals surface area (Å²) in [6.07, 6.45) is 1.94. The van der Waals surface area contributed by atoms with Gasteiger partial charge in [0, 0.05) is 23.5 Å². The van der Waals surface area contributed by atoms with E-state index >= 15 is 0 Å². The molecular formula is C17H20N2O5. The standard InChI is InChI=1S/C17H20N2O5/c1-3-23-15(20)9-11-6-5-7-13-16(11)12(10-18-13)8-14(19-22)17(21)24-4-2/h5-7,10,18,22H,3-4,8-9H2,1-2H3. The Balaban J connectivity index is 2.34. The summed E-state index contributed by atoms with van der Waals surface area (Å²) < 4.78 is 9.87. The van der Waals surface area contributed by atoms with E-state index in [0.29, 0.717) is 6.61 Å². The Kier molecular flexibility index (Phi) is 5.95. The summed E-state index contributed by atoms with van der Waals surface area (Å²) in [5.74, 6) is -0.990. The first kappa shape index (κ1) is 17.5. The van der Waals surface area contributed by atoms with Crippen molar-refractivity contribution in [3.8, 4) is 0 Å². The third-order valence-electron chi connectivity index (χ3n) is 3.50. The number of H-pyrrole nitrogens is 1. The molecule has 0 fully saturated rings. The molecule has 7 heteroatoms. The molecule has 0 unspecified atom stereocenters. The normalized spacial score (nSPS) is 11.5. The van der Waals surface area contributed by atoms with Gasteiger partial charge in [0.2, 0.25) is 0 Å². The number of hydrogen-bond acceptors (Lipinski definition) is 6. The maximum atomic E-state index is 11.8. The molecule has 1 aromatic carbocycles. The van der Waals surface area contributed by atoms with Crippen LogP contribution >= 0.6 is 0 Å². The lowest BCUT2D eigenvalue weighted by molar-refractivity contribution is -0.142. The van der Waals surface area contributed by atoms with Gasteiger partial charge in [-0.3, -0.25) is 4.79 Å². The lowest BCUT2D eigenvalue weighted by atomic mass is 10.0. The molecule has 1 heterocycles. The van der Waals surface area contributed by atoms with E-state index in [0.717, 1.165) is 22.0 Å². The number of esters is 2. The van der Waals surface area contributed by atoms with Crippen LogP contribution < -0.4 is 0 Å². The number of aromatic amines is 1. The van der Waals surface area contributed by atoms with E-state index in [-0.39, 0.29) is 31.1 Å². The highest BCUT2D eigenvalue weighted by Crippen LogP contribution is 2.24. The molecule has 0 bridgehead atoms. The van der Waals surface area contributed by atoms with E-state index in [9.17, 15) is 9.59 Å². The van der Waals surface area contributed by atoms with Gasteiger partial charge in [-0.25, -0.2) is 4.79 Å². The monoisotopic (exact) mass is 332 g/mol. The van der Waals surface area contributed by atoms with E-state index in [2.05, 4.69) is 10.1 Å². The second-order valence-electron chi connectivity index (χ2n) is 5.08. The Bertz CT molecular complexity index is 763. The first-order chi connectivity index (χ1) is 11.6. The number of aromatic nitrogens is 1. The molecular weight excluding hydrogens is 312 g/mol. The van der Waals surface area contributed by atoms with Gasteiger partial charge in [0.1, 0.15) is 0 Å². The Morgan fingerprint density at radius 3 is 2.54 bits per heavy atom. The predicted octanol–water partition coefficient (Wildman–Crippen LogP) is 2.21. The fraction of sp³-hybridized carbons (Fsp3) is 0.353. The molecule has 0 saturated carbocycles. The Hall–Kier alpha value is -2.83. The Morgan fingerprint density at radius 1 is 1.12 bits per heavy atom. The third-order valence-corrected chi connectivity index (χ3v) is 3.50. The number of ether oxygens (including phenoxy) is 2. The summed E-state index contributed by atoms with van der Waals surface area (Å²) in [5, 5.41) is 12.9. The summed E-state index contributed by atoms with van der Waals surface area (Å²) in [6.45, 7) is 3.94. The van der Waals surface area contributed by atoms with Crippen molar-refractivity contribution >= 4 is 28.6 Å². The van der Waals surface area contributed by atoms with Gasteiger partial charge in [-0.2, -0.15) is 0 Å². The molecule has 0 spiro atoms. The van der Waals surface area contributed by atoms with Crippen LogP contribution in [0.1, 0.15) is 25.0 Å². The van der Waals surface area contributed by atoms with Crippen molar-refractivity contribution in [1.29, 1.82) is 0 Å². The van der Waals surface area contributed by atoms with Crippen LogP contribution in [0.3, 0.4) is 0 Å². The number of nitrogens with one attached hydrogen (secondary N) is 1. The van der Waals surface area contributed by atoms with Crippen LogP contribution in [0.15, 0.2) is 29.6 Å². The zero-order chi connectivity index (χ0) is 17.5. The van der Waals surface area contributed by atoms with E-state index in [1.165, 1.54) is 0 Å². The Labute approximate surface area is 139 Å². The highest BCUT2D eigenvalue weighted by atomic mass is 16.5. The number of carbonyl (C=O) groups excluding carboxylic acids is 2. The number of carbonyl (C=O) groups is 2. The van der Waals surface area contributed by atoms with Crippen molar-refractivity contribution in [2.24, 2.45) is 5.16 Å². The SMILES string of the molecule is CCOC(=O)Cc1cccc2[nH]cc(CC(=NO)C(=O)OCC)c12. The van der Waals surface area contributed by atoms with Gasteiger partial charge in [0.05, 0.1) is 19.6 Å². The van der Waals surface area contributed by atoms with Crippen LogP contribution in [0.4, 0.5) is 0 Å². The number of benzene rings is 1. The van der Waals surface area contributed by atoms with Crippen LogP contribution in [-0.2, 0) is 31.9 Å². The minimum Gasteiger partial charge on any atom is -0.466 e. The maximum Gasteiger partial charge on any atom is 0.356 e. The average Bonchev–Trinajstić information content (AvgIpc) is 2.97. The van der Waals surface area contributed by atoms with Crippen LogP contribution in [-0.4, -0.2) is 41.1 Å². The van der Waals surface area contributed by atoms with Gasteiger partial charge in [0.15, 0.2) is 5.71 Å². The molecule has 128 valence electrons. The van der Waals surface area contributed by atoms with Gasteiger partial charge < -0.3 is 19.7 Å². The minimum atomic E-state index is -0.669. The predicted molar refractivity (Wildman–Crippen MR) is 88.2 cm³/mol. The first-order valence-corrected chi connectivity index (χ1v) is 7.72. The average molecular weight is 332 g/mol. The van der Waals surface area contributed by atoms with Crippen LogP contribution in [0, 0.1) is 0 Å². The first-order valence-electron chi connectivity index (χ1n) is 7.72. The van der Waals surface area contributed by atoms with Crippen molar-refractivity contribution in [2.45, 2.75) is 26.7 Å². The molecule has 0 radical (unpaired) electrons. The van der Waals surface area contributed by atoms with Crippen molar-refractivity contribution in [3.05, 3.63) is 35.5 Å². The topological polar surface area (TPSA) is 101 Å². The number of rotatable bonds is 7. The minimum absolute atomic E-state index is 0.0924. The van der Waals surface area contributed by atoms with Crippen molar-refractivity contribution < 1.29 is 24.3 Å². The Morgan fingerprint density at radius 2 is 1.88 bits per heavy atom. The molecule has 2 N–H and O–H groups in total. The molecule has 7 nitrogen and oxygen atoms in total. The van der Waals surface area contributed by atoms with E-state index in [1.807, 2.05) is 18.2 Å². The lowest BCUT2D eigenvalue weighted by Gasteiger charge is -2.07. The van der Waals surface area contributed by atoms with Gasteiger partial charge in [-0.15, -0.1) is 0 Å². The summed E-state index contributed by atoms with van der Waals surface area (Å²) in [4.78, 5) is 26.7. The molecule has 2 aromatic rings. The summed E-state index contributed by atoms with van der Waals surface area (Å²) in [5.41, 5.74) is 2.26. The second-order valence-corrected chi connectivity index (χ2v) is 5.08. The molecule has 2 rings (SSSR count). The molecule has 0 aliphatic carbocycles. The van der Waals surface area contributed by atoms with Crippen LogP contribution in [0.2, 0.25) is 0 Å². The number of fused-ring (bicyclic) bond motifs is 1. The molecule has 0 atom stereocenters. The lowest BCUT2D eigenvalue weighted by Crippen LogP contribution is -2.20. The summed E-state index contributed by atoms with van der Waals surface area (Å²) in [7, 11) is 0. The van der Waals surface area contributed by atoms with E-state index in [1.54, 1.807) is 20.0 Å². The van der Waals surface area contributed by atoms with Crippen LogP contribution in [0.5, 0.6) is 0 Å². The molecule has 0 saturated heterocycles. The highest BCUT2D eigenvalue weighted by Gasteiger charge is 2.18. The van der Waals surface area contributed by atoms with Gasteiger partial charge in [-0.05, 0) is 31.0 Å². The quantitative estimate of drug-likeness (QED) is 0.350. The molecule has 0 aliphatic rings. The molecule has 0 aliphatic heterocycles. The molecule has 24 heavy (non-hydrogen) atoms. The van der Waals surface area contributed by atoms with Crippen molar-refractivity contribution in [2.75, 3.05) is 13.2 Å². The zero-order valence-electron chi connectivity index (χ0n) is 13.7. The number of oxime groups is 1. The number of nitrogens with zero attached hydrogens (tertiary/aromatic N) is 1. The van der Waals surface area contributed by atoms with Crippen LogP contribution in [0.25, 0.3) is 10.9 Å². The number of hydrogen-bond donors (Lipinski definition) is 2. The van der Waals surface area contributed by atoms with Gasteiger partial charge in [0.25, 0.3) is 0 Å². The van der Waals surface area contributed by atoms with Gasteiger partial charge in [-0.1, -0.05) is 17.3 Å². The van der Waals surface area contributed by atoms with E-state index in [4.69, 9.17) is 14.7 Å². The fourth-order valence-corrected chi connectivity index (χ4v) is 2.53.